The lowest BCUT2D eigenvalue weighted by molar-refractivity contribution is -0.0371. The highest BCUT2D eigenvalue weighted by Gasteiger charge is 2.26. The van der Waals surface area contributed by atoms with Crippen molar-refractivity contribution in [2.45, 2.75) is 33.4 Å². The van der Waals surface area contributed by atoms with Gasteiger partial charge in [0.25, 0.3) is 0 Å². The Bertz CT molecular complexity index is 1110. The van der Waals surface area contributed by atoms with Crippen LogP contribution in [-0.2, 0) is 18.3 Å². The number of amides is 2. The molecule has 0 aliphatic carbocycles. The van der Waals surface area contributed by atoms with Crippen molar-refractivity contribution in [3.8, 4) is 11.3 Å². The van der Waals surface area contributed by atoms with Crippen molar-refractivity contribution in [1.82, 2.24) is 30.0 Å². The Balaban J connectivity index is 1.39. The fraction of sp³-hybridized carbons (Fsp3) is 0.417. The van der Waals surface area contributed by atoms with E-state index in [1.807, 2.05) is 43.3 Å². The number of carbonyl (C=O) groups excluding carboxylic acids is 1. The summed E-state index contributed by atoms with van der Waals surface area (Å²) in [7, 11) is 1.86. The zero-order valence-corrected chi connectivity index (χ0v) is 19.6. The van der Waals surface area contributed by atoms with Crippen molar-refractivity contribution in [3.63, 3.8) is 0 Å². The maximum Gasteiger partial charge on any atom is 0.317 e. The molecule has 0 radical (unpaired) electrons. The number of nitrogens with zero attached hydrogens (tertiary/aromatic N) is 5. The molecule has 1 aliphatic heterocycles. The summed E-state index contributed by atoms with van der Waals surface area (Å²) in [6.07, 6.45) is 5.42. The average Bonchev–Trinajstić information content (AvgIpc) is 3.22. The Labute approximate surface area is 194 Å². The number of ether oxygens (including phenoxy) is 1. The lowest BCUT2D eigenvalue weighted by atomic mass is 10.0. The fourth-order valence-electron chi connectivity index (χ4n) is 3.79. The van der Waals surface area contributed by atoms with Gasteiger partial charge in [-0.3, -0.25) is 4.68 Å². The molecule has 1 aromatic carbocycles. The smallest absolute Gasteiger partial charge is 0.317 e. The predicted octanol–water partition coefficient (Wildman–Crippen LogP) is 3.50. The summed E-state index contributed by atoms with van der Waals surface area (Å²) in [6, 6.07) is 7.98. The van der Waals surface area contributed by atoms with E-state index in [1.165, 1.54) is 0 Å². The molecule has 2 N–H and O–H groups in total. The topological polar surface area (TPSA) is 97.2 Å². The predicted molar refractivity (Wildman–Crippen MR) is 127 cm³/mol. The molecule has 0 spiro atoms. The van der Waals surface area contributed by atoms with E-state index in [4.69, 9.17) is 4.74 Å². The van der Waals surface area contributed by atoms with Crippen LogP contribution in [0.1, 0.15) is 25.0 Å². The standard InChI is InChI=1S/C24H31N7O2/c1-16(2)22-15-31(9-10-33-22)24(32)26-12-19-6-5-18(11-17(19)3)21-7-8-25-23(29-21)28-20-13-27-30(4)14-20/h5-8,11,13-14,16,22H,9-10,12,15H2,1-4H3,(H,26,32)(H,25,28,29). The second-order valence-corrected chi connectivity index (χ2v) is 8.69. The number of aryl methyl sites for hydroxylation is 2. The third-order valence-corrected chi connectivity index (χ3v) is 5.81. The highest BCUT2D eigenvalue weighted by Crippen LogP contribution is 2.22. The molecular weight excluding hydrogens is 418 g/mol. The molecule has 1 aliphatic rings. The van der Waals surface area contributed by atoms with Crippen LogP contribution in [0, 0.1) is 12.8 Å². The van der Waals surface area contributed by atoms with Gasteiger partial charge in [-0.25, -0.2) is 14.8 Å². The van der Waals surface area contributed by atoms with Crippen molar-refractivity contribution >= 4 is 17.7 Å². The van der Waals surface area contributed by atoms with Gasteiger partial charge < -0.3 is 20.3 Å². The molecule has 4 rings (SSSR count). The van der Waals surface area contributed by atoms with Gasteiger partial charge in [-0.05, 0) is 36.1 Å². The van der Waals surface area contributed by atoms with Gasteiger partial charge >= 0.3 is 6.03 Å². The van der Waals surface area contributed by atoms with Gasteiger partial charge in [-0.1, -0.05) is 26.0 Å². The number of morpholine rings is 1. The molecule has 1 unspecified atom stereocenters. The first-order chi connectivity index (χ1) is 15.9. The first-order valence-electron chi connectivity index (χ1n) is 11.2. The summed E-state index contributed by atoms with van der Waals surface area (Å²) >= 11 is 0. The van der Waals surface area contributed by atoms with Crippen molar-refractivity contribution in [2.75, 3.05) is 25.0 Å². The van der Waals surface area contributed by atoms with Crippen LogP contribution in [0.5, 0.6) is 0 Å². The minimum Gasteiger partial charge on any atom is -0.374 e. The van der Waals surface area contributed by atoms with E-state index in [2.05, 4.69) is 45.6 Å². The Hall–Kier alpha value is -3.46. The molecule has 2 aromatic heterocycles. The number of urea groups is 1. The number of anilines is 2. The highest BCUT2D eigenvalue weighted by atomic mass is 16.5. The number of hydrogen-bond donors (Lipinski definition) is 2. The monoisotopic (exact) mass is 449 g/mol. The van der Waals surface area contributed by atoms with Gasteiger partial charge in [0.05, 0.1) is 30.3 Å². The first-order valence-corrected chi connectivity index (χ1v) is 11.2. The van der Waals surface area contributed by atoms with Gasteiger partial charge in [0.15, 0.2) is 0 Å². The second-order valence-electron chi connectivity index (χ2n) is 8.69. The van der Waals surface area contributed by atoms with Crippen LogP contribution in [0.3, 0.4) is 0 Å². The number of aromatic nitrogens is 4. The van der Waals surface area contributed by atoms with E-state index in [-0.39, 0.29) is 12.1 Å². The minimum atomic E-state index is -0.0469. The number of nitrogens with one attached hydrogen (secondary N) is 2. The molecule has 9 nitrogen and oxygen atoms in total. The van der Waals surface area contributed by atoms with Crippen molar-refractivity contribution in [3.05, 3.63) is 54.0 Å². The third-order valence-electron chi connectivity index (χ3n) is 5.81. The summed E-state index contributed by atoms with van der Waals surface area (Å²) < 4.78 is 7.48. The third kappa shape index (κ3) is 5.67. The summed E-state index contributed by atoms with van der Waals surface area (Å²) in [5, 5.41) is 10.4. The lowest BCUT2D eigenvalue weighted by Crippen LogP contribution is -2.50. The molecule has 3 heterocycles. The second kappa shape index (κ2) is 9.99. The SMILES string of the molecule is Cc1cc(-c2ccnc(Nc3cnn(C)c3)n2)ccc1CNC(=O)N1CCOC(C(C)C)C1. The quantitative estimate of drug-likeness (QED) is 0.598. The molecule has 0 bridgehead atoms. The molecule has 0 saturated carbocycles. The van der Waals surface area contributed by atoms with E-state index in [1.54, 1.807) is 17.1 Å². The normalized spacial score (nSPS) is 16.2. The summed E-state index contributed by atoms with van der Waals surface area (Å²) in [6.45, 7) is 8.59. The van der Waals surface area contributed by atoms with Gasteiger partial charge in [-0.2, -0.15) is 5.10 Å². The van der Waals surface area contributed by atoms with Crippen LogP contribution in [0.25, 0.3) is 11.3 Å². The summed E-state index contributed by atoms with van der Waals surface area (Å²) in [5.74, 6) is 0.900. The minimum absolute atomic E-state index is 0.0469. The summed E-state index contributed by atoms with van der Waals surface area (Å²) in [4.78, 5) is 23.4. The van der Waals surface area contributed by atoms with E-state index < -0.39 is 0 Å². The van der Waals surface area contributed by atoms with Crippen LogP contribution in [0.2, 0.25) is 0 Å². The number of hydrogen-bond acceptors (Lipinski definition) is 6. The summed E-state index contributed by atoms with van der Waals surface area (Å²) in [5.41, 5.74) is 4.81. The van der Waals surface area contributed by atoms with Gasteiger partial charge in [0.1, 0.15) is 0 Å². The Morgan fingerprint density at radius 2 is 2.15 bits per heavy atom. The molecule has 1 fully saturated rings. The van der Waals surface area contributed by atoms with Crippen molar-refractivity contribution in [2.24, 2.45) is 13.0 Å². The fourth-order valence-corrected chi connectivity index (χ4v) is 3.79. The zero-order chi connectivity index (χ0) is 23.4. The molecule has 174 valence electrons. The average molecular weight is 450 g/mol. The van der Waals surface area contributed by atoms with Gasteiger partial charge in [0.2, 0.25) is 5.95 Å². The Morgan fingerprint density at radius 1 is 1.30 bits per heavy atom. The number of benzene rings is 1. The Kier molecular flexibility index (Phi) is 6.88. The van der Waals surface area contributed by atoms with Crippen molar-refractivity contribution in [1.29, 1.82) is 0 Å². The number of rotatable bonds is 6. The van der Waals surface area contributed by atoms with Crippen LogP contribution >= 0.6 is 0 Å². The highest BCUT2D eigenvalue weighted by molar-refractivity contribution is 5.74. The molecule has 1 atom stereocenters. The molecule has 9 heteroatoms. The molecule has 33 heavy (non-hydrogen) atoms. The first kappa shape index (κ1) is 22.7. The largest absolute Gasteiger partial charge is 0.374 e. The maximum atomic E-state index is 12.7. The van der Waals surface area contributed by atoms with Crippen LogP contribution in [0.15, 0.2) is 42.9 Å². The lowest BCUT2D eigenvalue weighted by Gasteiger charge is -2.34. The van der Waals surface area contributed by atoms with E-state index in [0.29, 0.717) is 38.1 Å². The van der Waals surface area contributed by atoms with Gasteiger partial charge in [-0.15, -0.1) is 0 Å². The van der Waals surface area contributed by atoms with Gasteiger partial charge in [0, 0.05) is 44.6 Å². The van der Waals surface area contributed by atoms with Crippen LogP contribution in [-0.4, -0.2) is 56.5 Å². The molecule has 1 saturated heterocycles. The van der Waals surface area contributed by atoms with E-state index in [9.17, 15) is 4.79 Å². The maximum absolute atomic E-state index is 12.7. The van der Waals surface area contributed by atoms with Crippen LogP contribution in [0.4, 0.5) is 16.4 Å². The van der Waals surface area contributed by atoms with Crippen molar-refractivity contribution < 1.29 is 9.53 Å². The Morgan fingerprint density at radius 3 is 2.88 bits per heavy atom. The van der Waals surface area contributed by atoms with Crippen LogP contribution < -0.4 is 10.6 Å². The zero-order valence-electron chi connectivity index (χ0n) is 19.6. The molecule has 2 amide bonds. The number of carbonyl (C=O) groups is 1. The van der Waals surface area contributed by atoms with E-state index >= 15 is 0 Å². The molecular formula is C24H31N7O2. The molecule has 3 aromatic rings. The van der Waals surface area contributed by atoms with E-state index in [0.717, 1.165) is 28.1 Å².